The molecule has 0 aliphatic rings. The Kier molecular flexibility index (Phi) is 3.64. The topological polar surface area (TPSA) is 0 Å². The van der Waals surface area contributed by atoms with E-state index in [-0.39, 0.29) is 0 Å². The average Bonchev–Trinajstić information content (AvgIpc) is 2.17. The van der Waals surface area contributed by atoms with Gasteiger partial charge in [-0.15, -0.1) is 23.2 Å². The summed E-state index contributed by atoms with van der Waals surface area (Å²) in [5.41, 5.74) is 3.14. The fourth-order valence-corrected chi connectivity index (χ4v) is 1.24. The van der Waals surface area contributed by atoms with Gasteiger partial charge in [-0.25, -0.2) is 0 Å². The molecule has 0 fully saturated rings. The van der Waals surface area contributed by atoms with Crippen LogP contribution in [0.2, 0.25) is 0 Å². The molecule has 1 aromatic rings. The summed E-state index contributed by atoms with van der Waals surface area (Å²) in [6, 6.07) is 7.95. The summed E-state index contributed by atoms with van der Waals surface area (Å²) in [4.78, 5) is 0. The molecule has 2 heteroatoms. The van der Waals surface area contributed by atoms with Gasteiger partial charge in [0.1, 0.15) is 0 Å². The first-order chi connectivity index (χ1) is 5.77. The lowest BCUT2D eigenvalue weighted by molar-refractivity contribution is 1.39. The summed E-state index contributed by atoms with van der Waals surface area (Å²) < 4.78 is 0. The summed E-state index contributed by atoms with van der Waals surface area (Å²) in [6.45, 7) is 3.83. The minimum Gasteiger partial charge on any atom is -0.122 e. The Morgan fingerprint density at radius 3 is 2.17 bits per heavy atom. The highest BCUT2D eigenvalue weighted by Gasteiger charge is 1.96. The smallest absolute Gasteiger partial charge is 0.0474 e. The molecule has 0 nitrogen and oxygen atoms in total. The maximum atomic E-state index is 5.64. The van der Waals surface area contributed by atoms with Crippen LogP contribution in [0.5, 0.6) is 0 Å². The maximum Gasteiger partial charge on any atom is 0.0474 e. The third-order valence-corrected chi connectivity index (χ3v) is 2.31. The van der Waals surface area contributed by atoms with E-state index in [0.717, 1.165) is 16.7 Å². The third kappa shape index (κ3) is 2.26. The molecule has 0 bridgehead atoms. The Hall–Kier alpha value is -0.460. The van der Waals surface area contributed by atoms with Crippen LogP contribution in [-0.2, 0) is 5.88 Å². The number of hydrogen-bond donors (Lipinski definition) is 0. The second kappa shape index (κ2) is 4.54. The van der Waals surface area contributed by atoms with Crippen molar-refractivity contribution in [3.8, 4) is 0 Å². The van der Waals surface area contributed by atoms with Gasteiger partial charge < -0.3 is 0 Å². The number of allylic oxidation sites excluding steroid dienone is 1. The summed E-state index contributed by atoms with van der Waals surface area (Å²) in [5, 5.41) is 0. The summed E-state index contributed by atoms with van der Waals surface area (Å²) in [5.74, 6) is 1.02. The molecule has 0 aliphatic carbocycles. The van der Waals surface area contributed by atoms with Crippen LogP contribution in [-0.4, -0.2) is 5.88 Å². The van der Waals surface area contributed by atoms with Crippen LogP contribution in [0.25, 0.3) is 5.57 Å². The molecule has 1 rings (SSSR count). The van der Waals surface area contributed by atoms with Crippen molar-refractivity contribution >= 4 is 28.8 Å². The molecule has 0 saturated carbocycles. The van der Waals surface area contributed by atoms with Crippen molar-refractivity contribution in [1.82, 2.24) is 0 Å². The van der Waals surface area contributed by atoms with Crippen LogP contribution in [0.1, 0.15) is 11.1 Å². The predicted molar refractivity (Wildman–Crippen MR) is 55.8 cm³/mol. The molecule has 0 unspecified atom stereocenters. The van der Waals surface area contributed by atoms with E-state index in [1.54, 1.807) is 0 Å². The van der Waals surface area contributed by atoms with Crippen LogP contribution in [0, 0.1) is 0 Å². The molecular weight excluding hydrogens is 191 g/mol. The Labute approximate surface area is 82.8 Å². The first kappa shape index (κ1) is 9.63. The van der Waals surface area contributed by atoms with E-state index in [9.17, 15) is 0 Å². The molecule has 0 heterocycles. The van der Waals surface area contributed by atoms with Gasteiger partial charge in [-0.1, -0.05) is 30.8 Å². The lowest BCUT2D eigenvalue weighted by atomic mass is 10.1. The number of rotatable bonds is 3. The van der Waals surface area contributed by atoms with E-state index in [1.807, 2.05) is 24.3 Å². The van der Waals surface area contributed by atoms with Crippen molar-refractivity contribution in [1.29, 1.82) is 0 Å². The highest BCUT2D eigenvalue weighted by Crippen LogP contribution is 2.15. The second-order valence-electron chi connectivity index (χ2n) is 2.57. The van der Waals surface area contributed by atoms with Crippen LogP contribution in [0.15, 0.2) is 30.8 Å². The van der Waals surface area contributed by atoms with E-state index < -0.39 is 0 Å². The van der Waals surface area contributed by atoms with Gasteiger partial charge in [-0.05, 0) is 16.7 Å². The standard InChI is InChI=1S/C10H10Cl2/c1-8(6-11)10-4-2-9(7-12)3-5-10/h2-5H,1,6-7H2. The molecule has 0 N–H and O–H groups in total. The summed E-state index contributed by atoms with van der Waals surface area (Å²) >= 11 is 11.3. The highest BCUT2D eigenvalue weighted by atomic mass is 35.5. The van der Waals surface area contributed by atoms with Gasteiger partial charge in [0.25, 0.3) is 0 Å². The van der Waals surface area contributed by atoms with Gasteiger partial charge >= 0.3 is 0 Å². The molecule has 1 aromatic carbocycles. The third-order valence-electron chi connectivity index (χ3n) is 1.68. The van der Waals surface area contributed by atoms with Crippen molar-refractivity contribution in [2.24, 2.45) is 0 Å². The van der Waals surface area contributed by atoms with E-state index in [4.69, 9.17) is 23.2 Å². The van der Waals surface area contributed by atoms with Crippen LogP contribution in [0.3, 0.4) is 0 Å². The van der Waals surface area contributed by atoms with E-state index in [0.29, 0.717) is 11.8 Å². The second-order valence-corrected chi connectivity index (χ2v) is 3.10. The lowest BCUT2D eigenvalue weighted by Crippen LogP contribution is -1.84. The first-order valence-corrected chi connectivity index (χ1v) is 4.74. The van der Waals surface area contributed by atoms with Gasteiger partial charge in [-0.2, -0.15) is 0 Å². The molecule has 12 heavy (non-hydrogen) atoms. The fraction of sp³-hybridized carbons (Fsp3) is 0.200. The molecule has 0 atom stereocenters. The Morgan fingerprint density at radius 2 is 1.75 bits per heavy atom. The molecule has 0 saturated heterocycles. The largest absolute Gasteiger partial charge is 0.122 e. The quantitative estimate of drug-likeness (QED) is 0.654. The van der Waals surface area contributed by atoms with Crippen molar-refractivity contribution in [2.75, 3.05) is 5.88 Å². The lowest BCUT2D eigenvalue weighted by Gasteiger charge is -2.01. The van der Waals surface area contributed by atoms with Gasteiger partial charge in [-0.3, -0.25) is 0 Å². The number of benzene rings is 1. The molecule has 0 spiro atoms. The highest BCUT2D eigenvalue weighted by molar-refractivity contribution is 6.23. The fourth-order valence-electron chi connectivity index (χ4n) is 0.907. The van der Waals surface area contributed by atoms with Crippen molar-refractivity contribution < 1.29 is 0 Å². The minimum atomic E-state index is 0.472. The molecular formula is C10H10Cl2. The molecule has 0 aliphatic heterocycles. The summed E-state index contributed by atoms with van der Waals surface area (Å²) in [6.07, 6.45) is 0. The zero-order valence-corrected chi connectivity index (χ0v) is 8.20. The molecule has 0 radical (unpaired) electrons. The predicted octanol–water partition coefficient (Wildman–Crippen LogP) is 3.68. The van der Waals surface area contributed by atoms with Gasteiger partial charge in [0.2, 0.25) is 0 Å². The van der Waals surface area contributed by atoms with Crippen molar-refractivity contribution in [2.45, 2.75) is 5.88 Å². The monoisotopic (exact) mass is 200 g/mol. The van der Waals surface area contributed by atoms with Crippen LogP contribution < -0.4 is 0 Å². The Balaban J connectivity index is 2.84. The SMILES string of the molecule is C=C(CCl)c1ccc(CCl)cc1. The van der Waals surface area contributed by atoms with Crippen LogP contribution in [0.4, 0.5) is 0 Å². The molecule has 0 aromatic heterocycles. The normalized spacial score (nSPS) is 9.83. The van der Waals surface area contributed by atoms with Crippen LogP contribution >= 0.6 is 23.2 Å². The van der Waals surface area contributed by atoms with Crippen molar-refractivity contribution in [3.05, 3.63) is 42.0 Å². The molecule has 64 valence electrons. The Bertz CT molecular complexity index is 262. The van der Waals surface area contributed by atoms with E-state index in [1.165, 1.54) is 0 Å². The van der Waals surface area contributed by atoms with Gasteiger partial charge in [0.05, 0.1) is 0 Å². The van der Waals surface area contributed by atoms with Gasteiger partial charge in [0.15, 0.2) is 0 Å². The van der Waals surface area contributed by atoms with Gasteiger partial charge in [0, 0.05) is 11.8 Å². The number of alkyl halides is 2. The Morgan fingerprint density at radius 1 is 1.17 bits per heavy atom. The maximum absolute atomic E-state index is 5.64. The zero-order valence-electron chi connectivity index (χ0n) is 6.69. The minimum absolute atomic E-state index is 0.472. The number of halogens is 2. The summed E-state index contributed by atoms with van der Waals surface area (Å²) in [7, 11) is 0. The number of hydrogen-bond acceptors (Lipinski definition) is 0. The zero-order chi connectivity index (χ0) is 8.97. The molecule has 0 amide bonds. The average molecular weight is 201 g/mol. The van der Waals surface area contributed by atoms with E-state index in [2.05, 4.69) is 6.58 Å². The van der Waals surface area contributed by atoms with E-state index >= 15 is 0 Å². The first-order valence-electron chi connectivity index (χ1n) is 3.67. The van der Waals surface area contributed by atoms with Crippen molar-refractivity contribution in [3.63, 3.8) is 0 Å².